The molecule has 0 saturated carbocycles. The van der Waals surface area contributed by atoms with Crippen LogP contribution in [0.1, 0.15) is 45.4 Å². The average Bonchev–Trinajstić information content (AvgIpc) is 3.21. The van der Waals surface area contributed by atoms with E-state index in [1.807, 2.05) is 36.4 Å². The number of amides is 3. The summed E-state index contributed by atoms with van der Waals surface area (Å²) < 4.78 is 1.58. The number of nitrogens with one attached hydrogen (secondary N) is 2. The number of pyridine rings is 1. The predicted octanol–water partition coefficient (Wildman–Crippen LogP) is 1.76. The van der Waals surface area contributed by atoms with Gasteiger partial charge < -0.3 is 15.5 Å². The number of aryl methyl sites for hydroxylation is 1. The van der Waals surface area contributed by atoms with Crippen molar-refractivity contribution >= 4 is 17.7 Å². The minimum Gasteiger partial charge on any atom is -0.350 e. The number of rotatable bonds is 7. The molecule has 0 saturated heterocycles. The monoisotopic (exact) mass is 446 g/mol. The van der Waals surface area contributed by atoms with Crippen molar-refractivity contribution in [2.24, 2.45) is 0 Å². The molecule has 3 heterocycles. The van der Waals surface area contributed by atoms with Crippen molar-refractivity contribution in [3.8, 4) is 0 Å². The highest BCUT2D eigenvalue weighted by Crippen LogP contribution is 2.16. The third-order valence-corrected chi connectivity index (χ3v) is 5.46. The summed E-state index contributed by atoms with van der Waals surface area (Å²) in [5.41, 5.74) is 2.40. The number of nitrogens with zero attached hydrogens (tertiary/aromatic N) is 4. The fourth-order valence-corrected chi connectivity index (χ4v) is 3.68. The van der Waals surface area contributed by atoms with E-state index in [0.29, 0.717) is 31.9 Å². The van der Waals surface area contributed by atoms with E-state index in [1.54, 1.807) is 35.0 Å². The van der Waals surface area contributed by atoms with E-state index in [4.69, 9.17) is 0 Å². The maximum atomic E-state index is 13.1. The molecule has 0 bridgehead atoms. The van der Waals surface area contributed by atoms with Crippen molar-refractivity contribution in [1.82, 2.24) is 30.3 Å². The van der Waals surface area contributed by atoms with Crippen LogP contribution in [0.4, 0.5) is 0 Å². The maximum Gasteiger partial charge on any atom is 0.272 e. The Bertz CT molecular complexity index is 1130. The van der Waals surface area contributed by atoms with Gasteiger partial charge in [0.25, 0.3) is 11.8 Å². The van der Waals surface area contributed by atoms with Gasteiger partial charge in [0, 0.05) is 44.6 Å². The van der Waals surface area contributed by atoms with E-state index in [0.717, 1.165) is 17.5 Å². The zero-order valence-corrected chi connectivity index (χ0v) is 18.4. The Hall–Kier alpha value is -4.01. The molecule has 9 nitrogen and oxygen atoms in total. The van der Waals surface area contributed by atoms with Crippen molar-refractivity contribution in [2.75, 3.05) is 6.54 Å². The van der Waals surface area contributed by atoms with E-state index < -0.39 is 11.9 Å². The average molecular weight is 447 g/mol. The van der Waals surface area contributed by atoms with Gasteiger partial charge in [-0.05, 0) is 30.5 Å². The summed E-state index contributed by atoms with van der Waals surface area (Å²) in [6.07, 6.45) is 4.06. The minimum atomic E-state index is -0.763. The lowest BCUT2D eigenvalue weighted by molar-refractivity contribution is -0.122. The van der Waals surface area contributed by atoms with Crippen molar-refractivity contribution in [2.45, 2.75) is 39.0 Å². The molecule has 1 unspecified atom stereocenters. The molecule has 33 heavy (non-hydrogen) atoms. The van der Waals surface area contributed by atoms with Crippen LogP contribution in [0, 0.1) is 0 Å². The first-order chi connectivity index (χ1) is 16.0. The maximum absolute atomic E-state index is 13.1. The molecule has 2 aromatic heterocycles. The van der Waals surface area contributed by atoms with Crippen LogP contribution in [0.15, 0.2) is 60.9 Å². The van der Waals surface area contributed by atoms with Crippen molar-refractivity contribution in [3.63, 3.8) is 0 Å². The molecule has 1 aliphatic heterocycles. The number of carbonyl (C=O) groups excluding carboxylic acids is 3. The molecule has 1 aliphatic rings. The molecule has 0 fully saturated rings. The molecule has 1 aromatic carbocycles. The zero-order chi connectivity index (χ0) is 23.2. The lowest BCUT2D eigenvalue weighted by atomic mass is 10.2. The first-order valence-electron chi connectivity index (χ1n) is 10.9. The van der Waals surface area contributed by atoms with Gasteiger partial charge in [-0.15, -0.1) is 0 Å². The Morgan fingerprint density at radius 1 is 1.09 bits per heavy atom. The number of aromatic nitrogens is 3. The number of hydrogen-bond acceptors (Lipinski definition) is 5. The third-order valence-electron chi connectivity index (χ3n) is 5.46. The van der Waals surface area contributed by atoms with Crippen LogP contribution in [-0.4, -0.2) is 50.0 Å². The summed E-state index contributed by atoms with van der Waals surface area (Å²) in [6.45, 7) is 3.58. The second kappa shape index (κ2) is 10.1. The summed E-state index contributed by atoms with van der Waals surface area (Å²) in [4.78, 5) is 43.9. The third kappa shape index (κ3) is 5.43. The van der Waals surface area contributed by atoms with Crippen LogP contribution in [0.2, 0.25) is 0 Å². The minimum absolute atomic E-state index is 0.117. The second-order valence-corrected chi connectivity index (χ2v) is 7.98. The van der Waals surface area contributed by atoms with E-state index in [-0.39, 0.29) is 17.5 Å². The fraction of sp³-hybridized carbons (Fsp3) is 0.292. The lowest BCUT2D eigenvalue weighted by Crippen LogP contribution is -2.44. The van der Waals surface area contributed by atoms with Gasteiger partial charge in [-0.1, -0.05) is 36.4 Å². The van der Waals surface area contributed by atoms with Crippen LogP contribution >= 0.6 is 0 Å². The van der Waals surface area contributed by atoms with E-state index in [1.165, 1.54) is 6.07 Å². The molecular formula is C24H26N6O3. The van der Waals surface area contributed by atoms with Gasteiger partial charge in [0.2, 0.25) is 5.91 Å². The van der Waals surface area contributed by atoms with Crippen LogP contribution in [0.5, 0.6) is 0 Å². The topological polar surface area (TPSA) is 109 Å². The highest BCUT2D eigenvalue weighted by Gasteiger charge is 2.27. The smallest absolute Gasteiger partial charge is 0.272 e. The highest BCUT2D eigenvalue weighted by molar-refractivity contribution is 5.99. The Labute approximate surface area is 191 Å². The van der Waals surface area contributed by atoms with Crippen molar-refractivity contribution in [3.05, 3.63) is 83.4 Å². The van der Waals surface area contributed by atoms with E-state index in [2.05, 4.69) is 20.7 Å². The molecule has 0 aliphatic carbocycles. The normalized spacial score (nSPS) is 14.2. The molecule has 2 N–H and O–H groups in total. The molecule has 3 amide bonds. The summed E-state index contributed by atoms with van der Waals surface area (Å²) in [7, 11) is 0. The summed E-state index contributed by atoms with van der Waals surface area (Å²) in [5, 5.41) is 9.75. The first kappa shape index (κ1) is 22.2. The number of fused-ring (bicyclic) bond motifs is 1. The summed E-state index contributed by atoms with van der Waals surface area (Å²) in [5.74, 6) is -0.981. The predicted molar refractivity (Wildman–Crippen MR) is 121 cm³/mol. The highest BCUT2D eigenvalue weighted by atomic mass is 16.2. The number of benzene rings is 1. The van der Waals surface area contributed by atoms with Gasteiger partial charge in [0.1, 0.15) is 11.7 Å². The molecule has 0 radical (unpaired) electrons. The van der Waals surface area contributed by atoms with Crippen molar-refractivity contribution < 1.29 is 14.4 Å². The van der Waals surface area contributed by atoms with Crippen LogP contribution in [0.3, 0.4) is 0 Å². The first-order valence-corrected chi connectivity index (χ1v) is 10.9. The molecular weight excluding hydrogens is 420 g/mol. The Balaban J connectivity index is 1.38. The van der Waals surface area contributed by atoms with E-state index in [9.17, 15) is 14.4 Å². The van der Waals surface area contributed by atoms with Crippen molar-refractivity contribution in [1.29, 1.82) is 0 Å². The van der Waals surface area contributed by atoms with Gasteiger partial charge in [0.15, 0.2) is 5.69 Å². The van der Waals surface area contributed by atoms with Crippen LogP contribution in [0.25, 0.3) is 0 Å². The van der Waals surface area contributed by atoms with Gasteiger partial charge >= 0.3 is 0 Å². The largest absolute Gasteiger partial charge is 0.350 e. The SMILES string of the molecule is CC(NC(=O)c1cc2n(n1)CCCN(Cc1ccccc1)C2=O)C(=O)NCc1cccnc1. The lowest BCUT2D eigenvalue weighted by Gasteiger charge is -2.20. The Kier molecular flexibility index (Phi) is 6.77. The molecule has 3 aromatic rings. The second-order valence-electron chi connectivity index (χ2n) is 7.98. The Morgan fingerprint density at radius 2 is 1.88 bits per heavy atom. The summed E-state index contributed by atoms with van der Waals surface area (Å²) in [6, 6.07) is 14.2. The molecule has 170 valence electrons. The molecule has 4 rings (SSSR count). The Morgan fingerprint density at radius 3 is 2.64 bits per heavy atom. The number of carbonyl (C=O) groups is 3. The molecule has 9 heteroatoms. The van der Waals surface area contributed by atoms with Crippen LogP contribution < -0.4 is 10.6 Å². The fourth-order valence-electron chi connectivity index (χ4n) is 3.68. The van der Waals surface area contributed by atoms with E-state index >= 15 is 0 Å². The molecule has 1 atom stereocenters. The quantitative estimate of drug-likeness (QED) is 0.575. The molecule has 0 spiro atoms. The van der Waals surface area contributed by atoms with Gasteiger partial charge in [0.05, 0.1) is 0 Å². The van der Waals surface area contributed by atoms with Gasteiger partial charge in [-0.3, -0.25) is 24.0 Å². The van der Waals surface area contributed by atoms with Gasteiger partial charge in [-0.2, -0.15) is 5.10 Å². The van der Waals surface area contributed by atoms with Crippen LogP contribution in [-0.2, 0) is 24.4 Å². The zero-order valence-electron chi connectivity index (χ0n) is 18.4. The summed E-state index contributed by atoms with van der Waals surface area (Å²) >= 11 is 0. The number of hydrogen-bond donors (Lipinski definition) is 2. The standard InChI is InChI=1S/C24H26N6O3/c1-17(22(31)26-15-19-9-5-10-25-14-19)27-23(32)20-13-21-24(33)29(11-6-12-30(21)28-20)16-18-7-3-2-4-8-18/h2-5,7-10,13-14,17H,6,11-12,15-16H2,1H3,(H,26,31)(H,27,32). The van der Waals surface area contributed by atoms with Gasteiger partial charge in [-0.25, -0.2) is 0 Å².